The normalized spacial score (nSPS) is 15.2. The lowest BCUT2D eigenvalue weighted by molar-refractivity contribution is 0.0732. The lowest BCUT2D eigenvalue weighted by atomic mass is 9.95. The molecule has 0 saturated heterocycles. The van der Waals surface area contributed by atoms with Crippen molar-refractivity contribution in [3.05, 3.63) is 59.3 Å². The van der Waals surface area contributed by atoms with Crippen LogP contribution < -0.4 is 9.47 Å². The lowest BCUT2D eigenvalue weighted by Crippen LogP contribution is -2.31. The number of carbonyl (C=O) groups excluding carboxylic acids is 1. The topological polar surface area (TPSA) is 108 Å². The van der Waals surface area contributed by atoms with Gasteiger partial charge in [0.2, 0.25) is 0 Å². The number of aromatic hydroxyl groups is 1. The van der Waals surface area contributed by atoms with E-state index in [0.29, 0.717) is 60.2 Å². The fourth-order valence-corrected chi connectivity index (χ4v) is 4.13. The maximum Gasteiger partial charge on any atom is 0.273 e. The molecule has 8 heteroatoms. The summed E-state index contributed by atoms with van der Waals surface area (Å²) in [5.74, 6) is 1.13. The van der Waals surface area contributed by atoms with E-state index < -0.39 is 6.04 Å². The number of aliphatic hydroxyl groups excluding tert-OH is 1. The van der Waals surface area contributed by atoms with Crippen molar-refractivity contribution in [2.75, 3.05) is 26.4 Å². The van der Waals surface area contributed by atoms with E-state index in [1.165, 1.54) is 0 Å². The van der Waals surface area contributed by atoms with E-state index in [0.717, 1.165) is 5.56 Å². The van der Waals surface area contributed by atoms with Gasteiger partial charge in [-0.2, -0.15) is 5.10 Å². The van der Waals surface area contributed by atoms with Crippen molar-refractivity contribution in [1.29, 1.82) is 0 Å². The molecule has 8 nitrogen and oxygen atoms in total. The molecule has 3 N–H and O–H groups in total. The first-order chi connectivity index (χ1) is 15.6. The van der Waals surface area contributed by atoms with Gasteiger partial charge < -0.3 is 24.6 Å². The van der Waals surface area contributed by atoms with E-state index in [9.17, 15) is 15.0 Å². The van der Waals surface area contributed by atoms with E-state index in [4.69, 9.17) is 9.47 Å². The van der Waals surface area contributed by atoms with Gasteiger partial charge in [0.05, 0.1) is 19.3 Å². The van der Waals surface area contributed by atoms with Crippen molar-refractivity contribution in [2.24, 2.45) is 0 Å². The number of ether oxygens (including phenoxy) is 2. The van der Waals surface area contributed by atoms with Crippen LogP contribution in [0.3, 0.4) is 0 Å². The largest absolute Gasteiger partial charge is 0.507 e. The van der Waals surface area contributed by atoms with Crippen LogP contribution in [0.2, 0.25) is 0 Å². The average Bonchev–Trinajstić information content (AvgIpc) is 3.33. The Hall–Kier alpha value is -3.52. The molecule has 1 aromatic heterocycles. The van der Waals surface area contributed by atoms with Crippen LogP contribution in [0.4, 0.5) is 0 Å². The first-order valence-corrected chi connectivity index (χ1v) is 10.8. The molecular weight excluding hydrogens is 410 g/mol. The number of hydrogen-bond donors (Lipinski definition) is 3. The molecule has 0 radical (unpaired) electrons. The summed E-state index contributed by atoms with van der Waals surface area (Å²) in [6.45, 7) is 5.14. The Morgan fingerprint density at radius 3 is 2.56 bits per heavy atom. The monoisotopic (exact) mass is 437 g/mol. The van der Waals surface area contributed by atoms with Crippen LogP contribution in [0.5, 0.6) is 17.2 Å². The van der Waals surface area contributed by atoms with Gasteiger partial charge in [0, 0.05) is 24.3 Å². The third-order valence-corrected chi connectivity index (χ3v) is 5.46. The maximum absolute atomic E-state index is 13.3. The molecule has 4 rings (SSSR count). The number of phenolic OH excluding ortho intramolecular Hbond substituents is 1. The van der Waals surface area contributed by atoms with Crippen molar-refractivity contribution in [1.82, 2.24) is 15.1 Å². The Kier molecular flexibility index (Phi) is 6.32. The molecule has 1 aliphatic rings. The molecule has 3 aromatic rings. The fraction of sp³-hybridized carbons (Fsp3) is 0.333. The Bertz CT molecular complexity index is 1110. The fourth-order valence-electron chi connectivity index (χ4n) is 4.13. The molecule has 2 heterocycles. The molecule has 168 valence electrons. The number of amides is 1. The van der Waals surface area contributed by atoms with Crippen molar-refractivity contribution >= 4 is 5.91 Å². The lowest BCUT2D eigenvalue weighted by Gasteiger charge is -2.27. The van der Waals surface area contributed by atoms with Crippen LogP contribution in [-0.2, 0) is 0 Å². The summed E-state index contributed by atoms with van der Waals surface area (Å²) in [5.41, 5.74) is 2.98. The molecule has 0 bridgehead atoms. The average molecular weight is 437 g/mol. The van der Waals surface area contributed by atoms with Crippen molar-refractivity contribution in [3.8, 4) is 28.5 Å². The highest BCUT2D eigenvalue weighted by Crippen LogP contribution is 2.45. The number of rotatable bonds is 9. The van der Waals surface area contributed by atoms with E-state index in [1.807, 2.05) is 38.1 Å². The quantitative estimate of drug-likeness (QED) is 0.473. The third kappa shape index (κ3) is 3.78. The van der Waals surface area contributed by atoms with Crippen LogP contribution >= 0.6 is 0 Å². The predicted octanol–water partition coefficient (Wildman–Crippen LogP) is 3.51. The summed E-state index contributed by atoms with van der Waals surface area (Å²) in [5, 5.41) is 27.1. The van der Waals surface area contributed by atoms with Gasteiger partial charge in [-0.15, -0.1) is 0 Å². The number of benzene rings is 2. The number of carbonyl (C=O) groups is 1. The molecule has 1 aliphatic heterocycles. The Labute approximate surface area is 186 Å². The minimum atomic E-state index is -0.452. The van der Waals surface area contributed by atoms with Gasteiger partial charge in [0.1, 0.15) is 17.1 Å². The second kappa shape index (κ2) is 9.32. The van der Waals surface area contributed by atoms with E-state index in [2.05, 4.69) is 10.2 Å². The maximum atomic E-state index is 13.3. The predicted molar refractivity (Wildman–Crippen MR) is 119 cm³/mol. The summed E-state index contributed by atoms with van der Waals surface area (Å²) in [6.07, 6.45) is 0.446. The molecule has 1 atom stereocenters. The number of aromatic amines is 1. The van der Waals surface area contributed by atoms with Gasteiger partial charge in [-0.05, 0) is 50.1 Å². The summed E-state index contributed by atoms with van der Waals surface area (Å²) >= 11 is 0. The highest BCUT2D eigenvalue weighted by molar-refractivity contribution is 6.00. The van der Waals surface area contributed by atoms with Crippen molar-refractivity contribution < 1.29 is 24.5 Å². The van der Waals surface area contributed by atoms with Crippen LogP contribution in [0, 0.1) is 0 Å². The summed E-state index contributed by atoms with van der Waals surface area (Å²) in [7, 11) is 0. The van der Waals surface area contributed by atoms with E-state index >= 15 is 0 Å². The number of nitrogens with zero attached hydrogens (tertiary/aromatic N) is 2. The SMILES string of the molecule is CCOc1ccc(C2c3c(-c4ccccc4O)n[nH]c3C(=O)N2CCCO)cc1OCC. The van der Waals surface area contributed by atoms with Crippen molar-refractivity contribution in [3.63, 3.8) is 0 Å². The highest BCUT2D eigenvalue weighted by Gasteiger charge is 2.42. The number of nitrogens with one attached hydrogen (secondary N) is 1. The standard InChI is InChI=1S/C24H27N3O5/c1-3-31-18-11-10-15(14-19(18)32-4-2)23-20-21(16-8-5-6-9-17(16)29)25-26-22(20)24(30)27(23)12-7-13-28/h5-6,8-11,14,23,28-29H,3-4,7,12-13H2,1-2H3,(H,25,26). The summed E-state index contributed by atoms with van der Waals surface area (Å²) in [6, 6.07) is 12.1. The van der Waals surface area contributed by atoms with E-state index in [-0.39, 0.29) is 18.3 Å². The summed E-state index contributed by atoms with van der Waals surface area (Å²) in [4.78, 5) is 15.0. The second-order valence-corrected chi connectivity index (χ2v) is 7.43. The molecule has 1 unspecified atom stereocenters. The van der Waals surface area contributed by atoms with Crippen molar-refractivity contribution in [2.45, 2.75) is 26.3 Å². The van der Waals surface area contributed by atoms with Crippen LogP contribution in [0.15, 0.2) is 42.5 Å². The molecule has 0 aliphatic carbocycles. The first-order valence-electron chi connectivity index (χ1n) is 10.8. The number of aromatic nitrogens is 2. The number of H-pyrrole nitrogens is 1. The Balaban J connectivity index is 1.86. The minimum Gasteiger partial charge on any atom is -0.507 e. The summed E-state index contributed by atoms with van der Waals surface area (Å²) < 4.78 is 11.5. The number of para-hydroxylation sites is 1. The van der Waals surface area contributed by atoms with Crippen LogP contribution in [0.25, 0.3) is 11.3 Å². The first kappa shape index (κ1) is 21.7. The van der Waals surface area contributed by atoms with Gasteiger partial charge in [-0.1, -0.05) is 18.2 Å². The molecule has 0 spiro atoms. The molecule has 1 amide bonds. The molecule has 0 saturated carbocycles. The smallest absolute Gasteiger partial charge is 0.273 e. The van der Waals surface area contributed by atoms with Gasteiger partial charge >= 0.3 is 0 Å². The third-order valence-electron chi connectivity index (χ3n) is 5.46. The number of fused-ring (bicyclic) bond motifs is 1. The molecule has 0 fully saturated rings. The zero-order valence-corrected chi connectivity index (χ0v) is 18.2. The highest BCUT2D eigenvalue weighted by atomic mass is 16.5. The minimum absolute atomic E-state index is 0.0253. The number of hydrogen-bond acceptors (Lipinski definition) is 6. The zero-order chi connectivity index (χ0) is 22.7. The number of phenols is 1. The molecule has 2 aromatic carbocycles. The Morgan fingerprint density at radius 2 is 1.84 bits per heavy atom. The Morgan fingerprint density at radius 1 is 1.09 bits per heavy atom. The number of aliphatic hydroxyl groups is 1. The van der Waals surface area contributed by atoms with Gasteiger partial charge in [0.15, 0.2) is 11.5 Å². The van der Waals surface area contributed by atoms with E-state index in [1.54, 1.807) is 23.1 Å². The van der Waals surface area contributed by atoms with Gasteiger partial charge in [0.25, 0.3) is 5.91 Å². The molecular formula is C24H27N3O5. The van der Waals surface area contributed by atoms with Gasteiger partial charge in [-0.25, -0.2) is 0 Å². The molecule has 32 heavy (non-hydrogen) atoms. The van der Waals surface area contributed by atoms with Gasteiger partial charge in [-0.3, -0.25) is 9.89 Å². The second-order valence-electron chi connectivity index (χ2n) is 7.43. The van der Waals surface area contributed by atoms with Crippen LogP contribution in [0.1, 0.15) is 47.9 Å². The zero-order valence-electron chi connectivity index (χ0n) is 18.2. The van der Waals surface area contributed by atoms with Crippen LogP contribution in [-0.4, -0.2) is 57.6 Å².